The van der Waals surface area contributed by atoms with Crippen LogP contribution in [-0.2, 0) is 0 Å². The van der Waals surface area contributed by atoms with Gasteiger partial charge in [0.1, 0.15) is 5.82 Å². The quantitative estimate of drug-likeness (QED) is 0.763. The molecule has 1 aromatic heterocycles. The summed E-state index contributed by atoms with van der Waals surface area (Å²) in [4.78, 5) is 20.7. The third-order valence-electron chi connectivity index (χ3n) is 3.71. The van der Waals surface area contributed by atoms with Crippen molar-refractivity contribution in [3.63, 3.8) is 0 Å². The Morgan fingerprint density at radius 3 is 2.94 bits per heavy atom. The highest BCUT2D eigenvalue weighted by Gasteiger charge is 2.25. The smallest absolute Gasteiger partial charge is 0.163 e. The van der Waals surface area contributed by atoms with Crippen molar-refractivity contribution in [2.24, 2.45) is 0 Å². The zero-order valence-electron chi connectivity index (χ0n) is 11.4. The number of carbonyl (C=O) groups is 1. The van der Waals surface area contributed by atoms with Crippen molar-refractivity contribution >= 4 is 11.6 Å². The molecular weight excluding hydrogens is 226 g/mol. The minimum absolute atomic E-state index is 0.0880. The van der Waals surface area contributed by atoms with Crippen LogP contribution in [0.2, 0.25) is 0 Å². The highest BCUT2D eigenvalue weighted by Crippen LogP contribution is 2.21. The van der Waals surface area contributed by atoms with Crippen molar-refractivity contribution < 1.29 is 4.79 Å². The Balaban J connectivity index is 2.24. The predicted octanol–water partition coefficient (Wildman–Crippen LogP) is 1.81. The average molecular weight is 247 g/mol. The van der Waals surface area contributed by atoms with Crippen LogP contribution in [0.4, 0.5) is 5.82 Å². The third kappa shape index (κ3) is 2.53. The number of carbonyl (C=O) groups excluding carboxylic acids is 1. The first kappa shape index (κ1) is 13.0. The van der Waals surface area contributed by atoms with E-state index < -0.39 is 0 Å². The van der Waals surface area contributed by atoms with Crippen molar-refractivity contribution in [3.05, 3.63) is 23.9 Å². The lowest BCUT2D eigenvalue weighted by atomic mass is 10.1. The molecule has 98 valence electrons. The number of anilines is 1. The normalized spacial score (nSPS) is 21.1. The van der Waals surface area contributed by atoms with E-state index in [9.17, 15) is 4.79 Å². The van der Waals surface area contributed by atoms with Gasteiger partial charge in [0.25, 0.3) is 0 Å². The standard InChI is InChI=1S/C14H21N3O/c1-4-12-10-17(9-8-16(12)3)14-13(11(2)18)6-5-7-15-14/h5-7,12H,4,8-10H2,1-3H3. The molecule has 0 spiro atoms. The van der Waals surface area contributed by atoms with Gasteiger partial charge >= 0.3 is 0 Å². The minimum Gasteiger partial charge on any atom is -0.353 e. The Kier molecular flexibility index (Phi) is 3.97. The Morgan fingerprint density at radius 2 is 2.28 bits per heavy atom. The fraction of sp³-hybridized carbons (Fsp3) is 0.571. The number of aromatic nitrogens is 1. The Hall–Kier alpha value is -1.42. The van der Waals surface area contributed by atoms with Crippen LogP contribution in [0.3, 0.4) is 0 Å². The van der Waals surface area contributed by atoms with Crippen LogP contribution >= 0.6 is 0 Å². The number of Topliss-reactive ketones (excluding diaryl/α,β-unsaturated/α-hetero) is 1. The minimum atomic E-state index is 0.0880. The molecule has 0 N–H and O–H groups in total. The lowest BCUT2D eigenvalue weighted by molar-refractivity contribution is 0.101. The van der Waals surface area contributed by atoms with Crippen molar-refractivity contribution in [1.82, 2.24) is 9.88 Å². The first-order chi connectivity index (χ1) is 8.63. The number of likely N-dealkylation sites (N-methyl/N-ethyl adjacent to an activating group) is 1. The molecule has 4 heteroatoms. The molecule has 1 saturated heterocycles. The second-order valence-corrected chi connectivity index (χ2v) is 4.92. The van der Waals surface area contributed by atoms with Gasteiger partial charge in [0, 0.05) is 31.9 Å². The number of hydrogen-bond acceptors (Lipinski definition) is 4. The van der Waals surface area contributed by atoms with Gasteiger partial charge in [-0.05, 0) is 32.5 Å². The summed E-state index contributed by atoms with van der Waals surface area (Å²) in [6.45, 7) is 6.71. The molecule has 2 heterocycles. The van der Waals surface area contributed by atoms with Crippen molar-refractivity contribution in [2.45, 2.75) is 26.3 Å². The van der Waals surface area contributed by atoms with Crippen molar-refractivity contribution in [2.75, 3.05) is 31.6 Å². The van der Waals surface area contributed by atoms with Gasteiger partial charge in [-0.1, -0.05) is 6.92 Å². The molecule has 1 atom stereocenters. The van der Waals surface area contributed by atoms with E-state index in [4.69, 9.17) is 0 Å². The molecule has 1 unspecified atom stereocenters. The lowest BCUT2D eigenvalue weighted by Gasteiger charge is -2.40. The van der Waals surface area contributed by atoms with E-state index in [2.05, 4.69) is 28.8 Å². The summed E-state index contributed by atoms with van der Waals surface area (Å²) >= 11 is 0. The molecule has 1 aliphatic rings. The van der Waals surface area contributed by atoms with Crippen LogP contribution in [0.25, 0.3) is 0 Å². The first-order valence-corrected chi connectivity index (χ1v) is 6.54. The fourth-order valence-corrected chi connectivity index (χ4v) is 2.50. The number of hydrogen-bond donors (Lipinski definition) is 0. The lowest BCUT2D eigenvalue weighted by Crippen LogP contribution is -2.51. The van der Waals surface area contributed by atoms with Crippen LogP contribution in [0.15, 0.2) is 18.3 Å². The summed E-state index contributed by atoms with van der Waals surface area (Å²) < 4.78 is 0. The largest absolute Gasteiger partial charge is 0.353 e. The Bertz CT molecular complexity index is 433. The highest BCUT2D eigenvalue weighted by molar-refractivity contribution is 5.98. The average Bonchev–Trinajstić information content (AvgIpc) is 2.39. The van der Waals surface area contributed by atoms with Crippen LogP contribution < -0.4 is 4.90 Å². The molecule has 1 aliphatic heterocycles. The number of rotatable bonds is 3. The molecule has 4 nitrogen and oxygen atoms in total. The fourth-order valence-electron chi connectivity index (χ4n) is 2.50. The van der Waals surface area contributed by atoms with E-state index in [1.165, 1.54) is 0 Å². The molecule has 0 aliphatic carbocycles. The van der Waals surface area contributed by atoms with Gasteiger partial charge < -0.3 is 4.90 Å². The summed E-state index contributed by atoms with van der Waals surface area (Å²) in [5, 5.41) is 0. The van der Waals surface area contributed by atoms with Crippen LogP contribution in [-0.4, -0.2) is 48.4 Å². The molecule has 1 fully saturated rings. The third-order valence-corrected chi connectivity index (χ3v) is 3.71. The van der Waals surface area contributed by atoms with E-state index >= 15 is 0 Å². The molecule has 2 rings (SSSR count). The summed E-state index contributed by atoms with van der Waals surface area (Å²) in [6, 6.07) is 4.23. The van der Waals surface area contributed by atoms with Crippen molar-refractivity contribution in [1.29, 1.82) is 0 Å². The number of ketones is 1. The Labute approximate surface area is 109 Å². The molecular formula is C14H21N3O. The molecule has 0 saturated carbocycles. The molecule has 18 heavy (non-hydrogen) atoms. The molecule has 1 aromatic rings. The second kappa shape index (κ2) is 5.48. The van der Waals surface area contributed by atoms with Gasteiger partial charge in [-0.2, -0.15) is 0 Å². The maximum Gasteiger partial charge on any atom is 0.163 e. The summed E-state index contributed by atoms with van der Waals surface area (Å²) in [6.07, 6.45) is 2.89. The summed E-state index contributed by atoms with van der Waals surface area (Å²) in [7, 11) is 2.16. The van der Waals surface area contributed by atoms with Crippen LogP contribution in [0.5, 0.6) is 0 Å². The predicted molar refractivity (Wildman–Crippen MR) is 73.2 cm³/mol. The summed E-state index contributed by atoms with van der Waals surface area (Å²) in [5.41, 5.74) is 0.733. The Morgan fingerprint density at radius 1 is 1.50 bits per heavy atom. The van der Waals surface area contributed by atoms with Gasteiger partial charge in [-0.25, -0.2) is 4.98 Å². The maximum absolute atomic E-state index is 11.6. The van der Waals surface area contributed by atoms with Gasteiger partial charge in [0.2, 0.25) is 0 Å². The maximum atomic E-state index is 11.6. The monoisotopic (exact) mass is 247 g/mol. The van der Waals surface area contributed by atoms with Crippen LogP contribution in [0, 0.1) is 0 Å². The van der Waals surface area contributed by atoms with Gasteiger partial charge in [0.15, 0.2) is 5.78 Å². The van der Waals surface area contributed by atoms with Gasteiger partial charge in [-0.3, -0.25) is 9.69 Å². The molecule has 0 radical (unpaired) electrons. The summed E-state index contributed by atoms with van der Waals surface area (Å²) in [5.74, 6) is 0.932. The zero-order chi connectivity index (χ0) is 13.1. The van der Waals surface area contributed by atoms with E-state index in [-0.39, 0.29) is 5.78 Å². The molecule has 0 aromatic carbocycles. The van der Waals surface area contributed by atoms with E-state index in [1.54, 1.807) is 13.1 Å². The SMILES string of the molecule is CCC1CN(c2ncccc2C(C)=O)CCN1C. The molecule has 0 amide bonds. The van der Waals surface area contributed by atoms with E-state index in [0.29, 0.717) is 6.04 Å². The van der Waals surface area contributed by atoms with E-state index in [0.717, 1.165) is 37.4 Å². The topological polar surface area (TPSA) is 36.4 Å². The number of nitrogens with zero attached hydrogens (tertiary/aromatic N) is 3. The second-order valence-electron chi connectivity index (χ2n) is 4.92. The zero-order valence-corrected chi connectivity index (χ0v) is 11.4. The number of piperazine rings is 1. The van der Waals surface area contributed by atoms with Gasteiger partial charge in [0.05, 0.1) is 5.56 Å². The first-order valence-electron chi connectivity index (χ1n) is 6.54. The number of pyridine rings is 1. The van der Waals surface area contributed by atoms with Gasteiger partial charge in [-0.15, -0.1) is 0 Å². The van der Waals surface area contributed by atoms with Crippen LogP contribution in [0.1, 0.15) is 30.6 Å². The molecule has 0 bridgehead atoms. The van der Waals surface area contributed by atoms with Crippen molar-refractivity contribution in [3.8, 4) is 0 Å². The highest BCUT2D eigenvalue weighted by atomic mass is 16.1. The van der Waals surface area contributed by atoms with E-state index in [1.807, 2.05) is 12.1 Å².